The van der Waals surface area contributed by atoms with Crippen molar-refractivity contribution in [1.82, 2.24) is 0 Å². The van der Waals surface area contributed by atoms with Gasteiger partial charge >= 0.3 is 5.97 Å². The van der Waals surface area contributed by atoms with Crippen LogP contribution in [0, 0.1) is 11.8 Å². The summed E-state index contributed by atoms with van der Waals surface area (Å²) < 4.78 is 21.8. The SMILES string of the molecule is COCCCOc1cc(CC(CC(N)C2CCC(=O)O2)C(C)C)ccc1OC. The number of esters is 1. The third-order valence-corrected chi connectivity index (χ3v) is 5.39. The van der Waals surface area contributed by atoms with Crippen LogP contribution in [0.1, 0.15) is 45.1 Å². The maximum Gasteiger partial charge on any atom is 0.306 e. The smallest absolute Gasteiger partial charge is 0.306 e. The minimum Gasteiger partial charge on any atom is -0.493 e. The van der Waals surface area contributed by atoms with E-state index in [0.29, 0.717) is 31.5 Å². The fraction of sp³-hybridized carbons (Fsp3) is 0.682. The van der Waals surface area contributed by atoms with Gasteiger partial charge in [0, 0.05) is 32.6 Å². The van der Waals surface area contributed by atoms with Crippen LogP contribution >= 0.6 is 0 Å². The van der Waals surface area contributed by atoms with E-state index in [-0.39, 0.29) is 18.1 Å². The monoisotopic (exact) mass is 393 g/mol. The highest BCUT2D eigenvalue weighted by molar-refractivity contribution is 5.71. The first-order chi connectivity index (χ1) is 13.4. The van der Waals surface area contributed by atoms with Gasteiger partial charge in [-0.1, -0.05) is 19.9 Å². The number of nitrogens with two attached hydrogens (primary N) is 1. The molecular formula is C22H35NO5. The lowest BCUT2D eigenvalue weighted by molar-refractivity contribution is -0.142. The molecule has 158 valence electrons. The van der Waals surface area contributed by atoms with E-state index in [4.69, 9.17) is 24.7 Å². The summed E-state index contributed by atoms with van der Waals surface area (Å²) in [6, 6.07) is 5.97. The molecule has 2 rings (SSSR count). The molecular weight excluding hydrogens is 358 g/mol. The largest absolute Gasteiger partial charge is 0.493 e. The molecule has 1 aromatic carbocycles. The summed E-state index contributed by atoms with van der Waals surface area (Å²) in [6.07, 6.45) is 3.60. The molecule has 28 heavy (non-hydrogen) atoms. The van der Waals surface area contributed by atoms with Gasteiger partial charge in [-0.2, -0.15) is 0 Å². The van der Waals surface area contributed by atoms with E-state index >= 15 is 0 Å². The van der Waals surface area contributed by atoms with Gasteiger partial charge < -0.3 is 24.7 Å². The van der Waals surface area contributed by atoms with Gasteiger partial charge in [0.1, 0.15) is 6.10 Å². The summed E-state index contributed by atoms with van der Waals surface area (Å²) in [4.78, 5) is 11.4. The highest BCUT2D eigenvalue weighted by Crippen LogP contribution is 2.32. The first kappa shape index (κ1) is 22.5. The number of carbonyl (C=O) groups is 1. The van der Waals surface area contributed by atoms with Crippen LogP contribution in [0.25, 0.3) is 0 Å². The van der Waals surface area contributed by atoms with Crippen molar-refractivity contribution in [2.24, 2.45) is 17.6 Å². The molecule has 6 heteroatoms. The number of ether oxygens (including phenoxy) is 4. The third kappa shape index (κ3) is 6.67. The molecule has 0 amide bonds. The van der Waals surface area contributed by atoms with Gasteiger partial charge in [-0.15, -0.1) is 0 Å². The van der Waals surface area contributed by atoms with Crippen molar-refractivity contribution < 1.29 is 23.7 Å². The van der Waals surface area contributed by atoms with E-state index < -0.39 is 0 Å². The molecule has 1 aromatic rings. The normalized spacial score (nSPS) is 18.8. The maximum absolute atomic E-state index is 11.4. The lowest BCUT2D eigenvalue weighted by Crippen LogP contribution is -2.37. The number of methoxy groups -OCH3 is 2. The van der Waals surface area contributed by atoms with E-state index in [1.165, 1.54) is 5.56 Å². The zero-order valence-corrected chi connectivity index (χ0v) is 17.6. The molecule has 1 aliphatic heterocycles. The Morgan fingerprint density at radius 3 is 2.61 bits per heavy atom. The summed E-state index contributed by atoms with van der Waals surface area (Å²) in [7, 11) is 3.33. The average molecular weight is 394 g/mol. The van der Waals surface area contributed by atoms with Crippen LogP contribution in [-0.2, 0) is 20.7 Å². The molecule has 1 saturated heterocycles. The Morgan fingerprint density at radius 2 is 2.00 bits per heavy atom. The first-order valence-electron chi connectivity index (χ1n) is 10.2. The second-order valence-corrected chi connectivity index (χ2v) is 7.85. The van der Waals surface area contributed by atoms with Gasteiger partial charge in [0.25, 0.3) is 0 Å². The average Bonchev–Trinajstić information content (AvgIpc) is 3.11. The quantitative estimate of drug-likeness (QED) is 0.433. The molecule has 2 N–H and O–H groups in total. The van der Waals surface area contributed by atoms with Crippen LogP contribution in [0.3, 0.4) is 0 Å². The summed E-state index contributed by atoms with van der Waals surface area (Å²) in [5.74, 6) is 2.22. The number of hydrogen-bond acceptors (Lipinski definition) is 6. The third-order valence-electron chi connectivity index (χ3n) is 5.39. The molecule has 0 spiro atoms. The van der Waals surface area contributed by atoms with Crippen LogP contribution in [0.5, 0.6) is 11.5 Å². The molecule has 3 unspecified atom stereocenters. The Balaban J connectivity index is 2.01. The number of benzene rings is 1. The van der Waals surface area contributed by atoms with Gasteiger partial charge in [-0.05, 0) is 48.8 Å². The molecule has 3 atom stereocenters. The van der Waals surface area contributed by atoms with Crippen molar-refractivity contribution in [1.29, 1.82) is 0 Å². The van der Waals surface area contributed by atoms with E-state index in [2.05, 4.69) is 26.0 Å². The summed E-state index contributed by atoms with van der Waals surface area (Å²) >= 11 is 0. The van der Waals surface area contributed by atoms with Crippen molar-refractivity contribution in [3.8, 4) is 11.5 Å². The van der Waals surface area contributed by atoms with Crippen molar-refractivity contribution in [2.45, 2.75) is 58.1 Å². The van der Waals surface area contributed by atoms with Gasteiger partial charge in [0.15, 0.2) is 11.5 Å². The second kappa shape index (κ2) is 11.3. The number of carbonyl (C=O) groups excluding carboxylic acids is 1. The predicted octanol–water partition coefficient (Wildman–Crippen LogP) is 3.35. The van der Waals surface area contributed by atoms with Crippen LogP contribution in [0.2, 0.25) is 0 Å². The fourth-order valence-corrected chi connectivity index (χ4v) is 3.59. The van der Waals surface area contributed by atoms with Crippen LogP contribution < -0.4 is 15.2 Å². The molecule has 0 saturated carbocycles. The number of hydrogen-bond donors (Lipinski definition) is 1. The summed E-state index contributed by atoms with van der Waals surface area (Å²) in [6.45, 7) is 5.67. The van der Waals surface area contributed by atoms with Gasteiger partial charge in [0.05, 0.1) is 13.7 Å². The van der Waals surface area contributed by atoms with Crippen LogP contribution in [0.15, 0.2) is 18.2 Å². The Bertz CT molecular complexity index is 619. The van der Waals surface area contributed by atoms with E-state index in [0.717, 1.165) is 37.2 Å². The van der Waals surface area contributed by atoms with E-state index in [9.17, 15) is 4.79 Å². The summed E-state index contributed by atoms with van der Waals surface area (Å²) in [5.41, 5.74) is 7.56. The zero-order valence-electron chi connectivity index (χ0n) is 17.6. The topological polar surface area (TPSA) is 80.0 Å². The Kier molecular flexibility index (Phi) is 9.06. The van der Waals surface area contributed by atoms with Gasteiger partial charge in [0.2, 0.25) is 0 Å². The number of cyclic esters (lactones) is 1. The first-order valence-corrected chi connectivity index (χ1v) is 10.2. The molecule has 0 bridgehead atoms. The Labute approximate surface area is 168 Å². The molecule has 1 fully saturated rings. The lowest BCUT2D eigenvalue weighted by atomic mass is 9.83. The standard InChI is InChI=1S/C22H35NO5/c1-15(2)17(14-18(23)19-8-9-22(24)28-19)12-16-6-7-20(26-4)21(13-16)27-11-5-10-25-3/h6-7,13,15,17-19H,5,8-12,14,23H2,1-4H3. The van der Waals surface area contributed by atoms with Crippen molar-refractivity contribution in [3.05, 3.63) is 23.8 Å². The molecule has 0 aliphatic carbocycles. The predicted molar refractivity (Wildman–Crippen MR) is 109 cm³/mol. The van der Waals surface area contributed by atoms with Crippen LogP contribution in [-0.4, -0.2) is 45.5 Å². The highest BCUT2D eigenvalue weighted by Gasteiger charge is 2.31. The highest BCUT2D eigenvalue weighted by atomic mass is 16.6. The van der Waals surface area contributed by atoms with Crippen molar-refractivity contribution >= 4 is 5.97 Å². The molecule has 1 aliphatic rings. The van der Waals surface area contributed by atoms with E-state index in [1.54, 1.807) is 14.2 Å². The Hall–Kier alpha value is -1.79. The van der Waals surface area contributed by atoms with Gasteiger partial charge in [-0.3, -0.25) is 4.79 Å². The zero-order chi connectivity index (χ0) is 20.5. The number of rotatable bonds is 12. The summed E-state index contributed by atoms with van der Waals surface area (Å²) in [5, 5.41) is 0. The van der Waals surface area contributed by atoms with Crippen molar-refractivity contribution in [3.63, 3.8) is 0 Å². The lowest BCUT2D eigenvalue weighted by Gasteiger charge is -2.27. The van der Waals surface area contributed by atoms with Gasteiger partial charge in [-0.25, -0.2) is 0 Å². The second-order valence-electron chi connectivity index (χ2n) is 7.85. The van der Waals surface area contributed by atoms with E-state index in [1.807, 2.05) is 6.07 Å². The molecule has 0 aromatic heterocycles. The minimum absolute atomic E-state index is 0.123. The Morgan fingerprint density at radius 1 is 1.21 bits per heavy atom. The molecule has 6 nitrogen and oxygen atoms in total. The maximum atomic E-state index is 11.4. The molecule has 0 radical (unpaired) electrons. The van der Waals surface area contributed by atoms with Crippen molar-refractivity contribution in [2.75, 3.05) is 27.4 Å². The van der Waals surface area contributed by atoms with Crippen LogP contribution in [0.4, 0.5) is 0 Å². The fourth-order valence-electron chi connectivity index (χ4n) is 3.59. The molecule has 1 heterocycles. The minimum atomic E-state index is -0.149.